The summed E-state index contributed by atoms with van der Waals surface area (Å²) in [6, 6.07) is 13.5. The van der Waals surface area contributed by atoms with Crippen LogP contribution in [-0.2, 0) is 43.2 Å². The molecule has 1 aliphatic rings. The molecule has 2 aromatic carbocycles. The van der Waals surface area contributed by atoms with Gasteiger partial charge >= 0.3 is 17.9 Å². The van der Waals surface area contributed by atoms with Crippen LogP contribution >= 0.6 is 0 Å². The number of carbonyl (C=O) groups excluding carboxylic acids is 3. The molecule has 10 heteroatoms. The van der Waals surface area contributed by atoms with Gasteiger partial charge in [-0.2, -0.15) is 0 Å². The van der Waals surface area contributed by atoms with Crippen molar-refractivity contribution < 1.29 is 33.8 Å². The molecule has 0 radical (unpaired) electrons. The lowest BCUT2D eigenvalue weighted by Crippen LogP contribution is -2.45. The average molecular weight is 562 g/mol. The Balaban J connectivity index is 1.78. The van der Waals surface area contributed by atoms with Gasteiger partial charge in [-0.1, -0.05) is 49.4 Å². The molecule has 1 amide bonds. The average Bonchev–Trinajstić information content (AvgIpc) is 3.30. The molecule has 1 aromatic heterocycles. The SMILES string of the molecule is CCCc1nc2c(n1Cc1ccc(-c3ccccc3)c(C(=O)O)c1)C(C(=O)OCC)N(C(=O)CC(=O)OCC)CC2. The fraction of sp³-hybridized carbons (Fsp3) is 0.387. The highest BCUT2D eigenvalue weighted by Gasteiger charge is 2.41. The Bertz CT molecular complexity index is 1430. The Kier molecular flexibility index (Phi) is 9.54. The van der Waals surface area contributed by atoms with Crippen LogP contribution < -0.4 is 0 Å². The summed E-state index contributed by atoms with van der Waals surface area (Å²) in [4.78, 5) is 57.2. The molecule has 41 heavy (non-hydrogen) atoms. The van der Waals surface area contributed by atoms with Gasteiger partial charge in [0.25, 0.3) is 0 Å². The maximum Gasteiger partial charge on any atom is 0.336 e. The normalized spacial score (nSPS) is 14.3. The molecule has 1 N–H and O–H groups in total. The van der Waals surface area contributed by atoms with E-state index in [0.717, 1.165) is 17.8 Å². The second kappa shape index (κ2) is 13.3. The Hall–Kier alpha value is -4.47. The molecular formula is C31H35N3O7. The molecule has 2 heterocycles. The van der Waals surface area contributed by atoms with Gasteiger partial charge in [0, 0.05) is 25.9 Å². The number of benzene rings is 2. The highest BCUT2D eigenvalue weighted by Crippen LogP contribution is 2.34. The summed E-state index contributed by atoms with van der Waals surface area (Å²) < 4.78 is 12.2. The Labute approximate surface area is 238 Å². The number of carbonyl (C=O) groups is 4. The molecule has 0 saturated heterocycles. The minimum Gasteiger partial charge on any atom is -0.478 e. The Morgan fingerprint density at radius 2 is 1.73 bits per heavy atom. The van der Waals surface area contributed by atoms with Gasteiger partial charge in [-0.3, -0.25) is 9.59 Å². The molecule has 10 nitrogen and oxygen atoms in total. The van der Waals surface area contributed by atoms with Crippen LogP contribution in [0.2, 0.25) is 0 Å². The van der Waals surface area contributed by atoms with Crippen molar-refractivity contribution >= 4 is 23.8 Å². The highest BCUT2D eigenvalue weighted by molar-refractivity contribution is 5.97. The summed E-state index contributed by atoms with van der Waals surface area (Å²) in [7, 11) is 0. The predicted molar refractivity (Wildman–Crippen MR) is 150 cm³/mol. The number of ether oxygens (including phenoxy) is 2. The molecule has 216 valence electrons. The van der Waals surface area contributed by atoms with E-state index in [1.165, 1.54) is 4.90 Å². The molecule has 3 aromatic rings. The van der Waals surface area contributed by atoms with E-state index in [1.54, 1.807) is 26.0 Å². The van der Waals surface area contributed by atoms with Crippen molar-refractivity contribution in [3.8, 4) is 11.1 Å². The first kappa shape index (κ1) is 29.5. The van der Waals surface area contributed by atoms with Crippen LogP contribution in [0.1, 0.15) is 72.8 Å². The zero-order valence-electron chi connectivity index (χ0n) is 23.6. The highest BCUT2D eigenvalue weighted by atomic mass is 16.5. The van der Waals surface area contributed by atoms with Crippen molar-refractivity contribution in [2.24, 2.45) is 0 Å². The van der Waals surface area contributed by atoms with Gasteiger partial charge in [-0.25, -0.2) is 14.6 Å². The number of nitrogens with zero attached hydrogens (tertiary/aromatic N) is 3. The van der Waals surface area contributed by atoms with Gasteiger partial charge < -0.3 is 24.0 Å². The van der Waals surface area contributed by atoms with Gasteiger partial charge in [0.15, 0.2) is 6.04 Å². The first-order valence-electron chi connectivity index (χ1n) is 13.9. The number of carboxylic acid groups (broad SMARTS) is 1. The van der Waals surface area contributed by atoms with Gasteiger partial charge in [0.2, 0.25) is 5.91 Å². The minimum absolute atomic E-state index is 0.115. The zero-order chi connectivity index (χ0) is 29.5. The number of aromatic carboxylic acids is 1. The summed E-state index contributed by atoms with van der Waals surface area (Å²) in [6.07, 6.45) is 1.32. The van der Waals surface area contributed by atoms with Crippen LogP contribution in [0.3, 0.4) is 0 Å². The van der Waals surface area contributed by atoms with Gasteiger partial charge in [-0.05, 0) is 43.0 Å². The van der Waals surface area contributed by atoms with Crippen LogP contribution in [0.4, 0.5) is 0 Å². The number of carboxylic acids is 1. The van der Waals surface area contributed by atoms with Gasteiger partial charge in [0.1, 0.15) is 12.2 Å². The van der Waals surface area contributed by atoms with Crippen molar-refractivity contribution in [2.75, 3.05) is 19.8 Å². The number of rotatable bonds is 11. The van der Waals surface area contributed by atoms with Crippen molar-refractivity contribution in [1.82, 2.24) is 14.5 Å². The molecule has 4 rings (SSSR count). The van der Waals surface area contributed by atoms with E-state index in [9.17, 15) is 24.3 Å². The Morgan fingerprint density at radius 3 is 2.39 bits per heavy atom. The van der Waals surface area contributed by atoms with E-state index in [-0.39, 0.29) is 31.9 Å². The summed E-state index contributed by atoms with van der Waals surface area (Å²) in [5, 5.41) is 10.0. The molecule has 1 atom stereocenters. The number of aromatic nitrogens is 2. The van der Waals surface area contributed by atoms with E-state index in [1.807, 2.05) is 47.9 Å². The number of esters is 2. The molecule has 0 aliphatic carbocycles. The third-order valence-corrected chi connectivity index (χ3v) is 6.97. The van der Waals surface area contributed by atoms with Crippen LogP contribution in [-0.4, -0.2) is 63.1 Å². The number of hydrogen-bond donors (Lipinski definition) is 1. The molecule has 1 aliphatic heterocycles. The lowest BCUT2D eigenvalue weighted by atomic mass is 9.97. The first-order chi connectivity index (χ1) is 19.8. The number of amides is 1. The third-order valence-electron chi connectivity index (χ3n) is 6.97. The first-order valence-corrected chi connectivity index (χ1v) is 13.9. The summed E-state index contributed by atoms with van der Waals surface area (Å²) >= 11 is 0. The molecule has 0 bridgehead atoms. The van der Waals surface area contributed by atoms with Crippen molar-refractivity contribution in [2.45, 2.75) is 59.0 Å². The van der Waals surface area contributed by atoms with E-state index in [2.05, 4.69) is 0 Å². The maximum absolute atomic E-state index is 13.4. The summed E-state index contributed by atoms with van der Waals surface area (Å²) in [5.74, 6) is -2.12. The van der Waals surface area contributed by atoms with Crippen LogP contribution in [0.15, 0.2) is 48.5 Å². The summed E-state index contributed by atoms with van der Waals surface area (Å²) in [5.41, 5.74) is 3.47. The fourth-order valence-corrected chi connectivity index (χ4v) is 5.24. The predicted octanol–water partition coefficient (Wildman–Crippen LogP) is 4.19. The van der Waals surface area contributed by atoms with Crippen LogP contribution in [0, 0.1) is 0 Å². The molecular weight excluding hydrogens is 526 g/mol. The zero-order valence-corrected chi connectivity index (χ0v) is 23.6. The van der Waals surface area contributed by atoms with Crippen LogP contribution in [0.25, 0.3) is 11.1 Å². The molecule has 1 unspecified atom stereocenters. The number of aryl methyl sites for hydroxylation is 1. The van der Waals surface area contributed by atoms with Crippen molar-refractivity contribution in [3.05, 3.63) is 76.9 Å². The van der Waals surface area contributed by atoms with Crippen molar-refractivity contribution in [1.29, 1.82) is 0 Å². The lowest BCUT2D eigenvalue weighted by Gasteiger charge is -2.34. The number of imidazole rings is 1. The smallest absolute Gasteiger partial charge is 0.336 e. The van der Waals surface area contributed by atoms with Crippen LogP contribution in [0.5, 0.6) is 0 Å². The fourth-order valence-electron chi connectivity index (χ4n) is 5.24. The lowest BCUT2D eigenvalue weighted by molar-refractivity contribution is -0.159. The second-order valence-corrected chi connectivity index (χ2v) is 9.72. The maximum atomic E-state index is 13.4. The van der Waals surface area contributed by atoms with Crippen molar-refractivity contribution in [3.63, 3.8) is 0 Å². The monoisotopic (exact) mass is 561 g/mol. The topological polar surface area (TPSA) is 128 Å². The molecule has 0 spiro atoms. The summed E-state index contributed by atoms with van der Waals surface area (Å²) in [6.45, 7) is 6.07. The Morgan fingerprint density at radius 1 is 1.00 bits per heavy atom. The van der Waals surface area contributed by atoms with E-state index in [4.69, 9.17) is 14.5 Å². The largest absolute Gasteiger partial charge is 0.478 e. The quantitative estimate of drug-likeness (QED) is 0.273. The second-order valence-electron chi connectivity index (χ2n) is 9.72. The van der Waals surface area contributed by atoms with Gasteiger partial charge in [0.05, 0.1) is 30.2 Å². The standard InChI is InChI=1S/C31H35N3O7/c1-4-10-25-32-24-15-16-33(26(35)18-27(36)40-5-2)29(31(39)41-6-3)28(24)34(25)19-20-13-14-22(23(17-20)30(37)38)21-11-8-7-9-12-21/h7-9,11-14,17,29H,4-6,10,15-16,18-19H2,1-3H3,(H,37,38). The van der Waals surface area contributed by atoms with E-state index < -0.39 is 36.3 Å². The molecule has 0 fully saturated rings. The molecule has 0 saturated carbocycles. The van der Waals surface area contributed by atoms with E-state index >= 15 is 0 Å². The minimum atomic E-state index is -1.10. The number of hydrogen-bond acceptors (Lipinski definition) is 7. The third kappa shape index (κ3) is 6.48. The number of fused-ring (bicyclic) bond motifs is 1. The van der Waals surface area contributed by atoms with E-state index in [0.29, 0.717) is 35.4 Å². The van der Waals surface area contributed by atoms with Gasteiger partial charge in [-0.15, -0.1) is 0 Å².